The van der Waals surface area contributed by atoms with E-state index in [-0.39, 0.29) is 24.2 Å². The highest BCUT2D eigenvalue weighted by atomic mass is 16.3. The van der Waals surface area contributed by atoms with Crippen LogP contribution >= 0.6 is 0 Å². The number of nitrogens with one attached hydrogen (secondary N) is 1. The number of guanidine groups is 1. The SMILES string of the molecule is C=C(/C=C\C=NC)[C@@H](c1cccc(C(=O)N[C@@H]2c3ccccc3C[C@H]2O)c1)N1C(=O)CC(CC)(CC)N=C1N. The third-order valence-electron chi connectivity index (χ3n) is 7.77. The number of fused-ring (bicyclic) bond motifs is 1. The van der Waals surface area contributed by atoms with Gasteiger partial charge in [0.1, 0.15) is 0 Å². The number of hydrogen-bond donors (Lipinski definition) is 3. The van der Waals surface area contributed by atoms with Gasteiger partial charge in [0.05, 0.1) is 30.1 Å². The van der Waals surface area contributed by atoms with E-state index in [2.05, 4.69) is 16.9 Å². The molecule has 3 atom stereocenters. The first kappa shape index (κ1) is 28.0. The second-order valence-electron chi connectivity index (χ2n) is 10.1. The zero-order valence-corrected chi connectivity index (χ0v) is 22.8. The Morgan fingerprint density at radius 2 is 2.03 bits per heavy atom. The highest BCUT2D eigenvalue weighted by Gasteiger charge is 2.41. The maximum atomic E-state index is 13.6. The highest BCUT2D eigenvalue weighted by Crippen LogP contribution is 2.37. The van der Waals surface area contributed by atoms with Gasteiger partial charge in [-0.2, -0.15) is 0 Å². The molecular weight excluding hydrogens is 490 g/mol. The van der Waals surface area contributed by atoms with E-state index in [0.29, 0.717) is 36.0 Å². The Labute approximate surface area is 230 Å². The Morgan fingerprint density at radius 1 is 1.28 bits per heavy atom. The van der Waals surface area contributed by atoms with Crippen molar-refractivity contribution in [2.75, 3.05) is 7.05 Å². The fraction of sp³-hybridized carbons (Fsp3) is 0.355. The van der Waals surface area contributed by atoms with Crippen molar-refractivity contribution in [2.45, 2.75) is 63.3 Å². The number of carbonyl (C=O) groups is 2. The van der Waals surface area contributed by atoms with Crippen LogP contribution in [0.1, 0.15) is 72.2 Å². The summed E-state index contributed by atoms with van der Waals surface area (Å²) in [4.78, 5) is 37.2. The fourth-order valence-electron chi connectivity index (χ4n) is 5.46. The van der Waals surface area contributed by atoms with Gasteiger partial charge < -0.3 is 16.2 Å². The van der Waals surface area contributed by atoms with Crippen LogP contribution in [0.4, 0.5) is 0 Å². The first-order valence-electron chi connectivity index (χ1n) is 13.3. The lowest BCUT2D eigenvalue weighted by atomic mass is 9.86. The monoisotopic (exact) mass is 527 g/mol. The summed E-state index contributed by atoms with van der Waals surface area (Å²) in [6.07, 6.45) is 6.58. The van der Waals surface area contributed by atoms with Gasteiger partial charge in [-0.15, -0.1) is 0 Å². The number of carbonyl (C=O) groups excluding carboxylic acids is 2. The third-order valence-corrected chi connectivity index (χ3v) is 7.77. The lowest BCUT2D eigenvalue weighted by Gasteiger charge is -2.40. The van der Waals surface area contributed by atoms with E-state index in [0.717, 1.165) is 11.1 Å². The van der Waals surface area contributed by atoms with Crippen molar-refractivity contribution in [1.82, 2.24) is 10.2 Å². The molecule has 0 fully saturated rings. The van der Waals surface area contributed by atoms with Gasteiger partial charge in [-0.25, -0.2) is 4.99 Å². The summed E-state index contributed by atoms with van der Waals surface area (Å²) in [5.41, 5.74) is 9.54. The fourth-order valence-corrected chi connectivity index (χ4v) is 5.46. The van der Waals surface area contributed by atoms with E-state index in [1.807, 2.05) is 44.2 Å². The number of aliphatic imine (C=N–C) groups is 2. The average molecular weight is 528 g/mol. The van der Waals surface area contributed by atoms with E-state index in [9.17, 15) is 14.7 Å². The number of benzene rings is 2. The number of amides is 2. The van der Waals surface area contributed by atoms with Crippen LogP contribution in [0.3, 0.4) is 0 Å². The molecule has 0 unspecified atom stereocenters. The van der Waals surface area contributed by atoms with Crippen molar-refractivity contribution >= 4 is 24.0 Å². The maximum absolute atomic E-state index is 13.6. The number of allylic oxidation sites excluding steroid dienone is 1. The van der Waals surface area contributed by atoms with Crippen molar-refractivity contribution in [1.29, 1.82) is 0 Å². The molecule has 4 N–H and O–H groups in total. The predicted octanol–water partition coefficient (Wildman–Crippen LogP) is 4.03. The number of nitrogens with two attached hydrogens (primary N) is 1. The first-order chi connectivity index (χ1) is 18.7. The smallest absolute Gasteiger partial charge is 0.251 e. The van der Waals surface area contributed by atoms with Crippen molar-refractivity contribution in [2.24, 2.45) is 15.7 Å². The zero-order valence-electron chi connectivity index (χ0n) is 22.8. The predicted molar refractivity (Wildman–Crippen MR) is 155 cm³/mol. The second kappa shape index (κ2) is 11.8. The summed E-state index contributed by atoms with van der Waals surface area (Å²) < 4.78 is 0. The van der Waals surface area contributed by atoms with Gasteiger partial charge in [0, 0.05) is 25.2 Å². The Morgan fingerprint density at radius 3 is 2.72 bits per heavy atom. The van der Waals surface area contributed by atoms with Crippen molar-refractivity contribution in [3.63, 3.8) is 0 Å². The molecule has 2 aliphatic rings. The summed E-state index contributed by atoms with van der Waals surface area (Å²) in [5.74, 6) is -0.326. The van der Waals surface area contributed by atoms with Gasteiger partial charge in [-0.3, -0.25) is 19.5 Å². The van der Waals surface area contributed by atoms with Gasteiger partial charge in [0.2, 0.25) is 5.91 Å². The topological polar surface area (TPSA) is 120 Å². The summed E-state index contributed by atoms with van der Waals surface area (Å²) in [5, 5.41) is 13.6. The third kappa shape index (κ3) is 5.71. The second-order valence-corrected chi connectivity index (χ2v) is 10.1. The first-order valence-corrected chi connectivity index (χ1v) is 13.3. The molecule has 0 bridgehead atoms. The Balaban J connectivity index is 1.69. The summed E-state index contributed by atoms with van der Waals surface area (Å²) in [7, 11) is 1.67. The van der Waals surface area contributed by atoms with Crippen LogP contribution in [-0.2, 0) is 11.2 Å². The Hall–Kier alpha value is -4.04. The van der Waals surface area contributed by atoms with E-state index in [1.165, 1.54) is 4.90 Å². The molecule has 2 amide bonds. The van der Waals surface area contributed by atoms with Crippen LogP contribution < -0.4 is 11.1 Å². The van der Waals surface area contributed by atoms with E-state index >= 15 is 0 Å². The zero-order chi connectivity index (χ0) is 28.2. The van der Waals surface area contributed by atoms with Crippen LogP contribution in [0, 0.1) is 0 Å². The van der Waals surface area contributed by atoms with Crippen LogP contribution in [0.2, 0.25) is 0 Å². The molecule has 4 rings (SSSR count). The quantitative estimate of drug-likeness (QED) is 0.337. The Kier molecular flexibility index (Phi) is 8.45. The van der Waals surface area contributed by atoms with Crippen molar-refractivity contribution in [3.8, 4) is 0 Å². The average Bonchev–Trinajstić information content (AvgIpc) is 3.25. The number of aliphatic hydroxyl groups is 1. The molecule has 1 heterocycles. The lowest BCUT2D eigenvalue weighted by molar-refractivity contribution is -0.131. The molecule has 0 aromatic heterocycles. The minimum absolute atomic E-state index is 0.138. The number of rotatable bonds is 9. The number of hydrogen-bond acceptors (Lipinski definition) is 6. The van der Waals surface area contributed by atoms with Gasteiger partial charge in [0.25, 0.3) is 5.91 Å². The van der Waals surface area contributed by atoms with Crippen LogP contribution in [0.5, 0.6) is 0 Å². The summed E-state index contributed by atoms with van der Waals surface area (Å²) in [6, 6.07) is 13.6. The molecule has 0 radical (unpaired) electrons. The van der Waals surface area contributed by atoms with Crippen LogP contribution in [0.15, 0.2) is 82.8 Å². The van der Waals surface area contributed by atoms with Crippen molar-refractivity contribution in [3.05, 3.63) is 95.1 Å². The molecule has 0 spiro atoms. The molecule has 2 aromatic carbocycles. The molecule has 1 aliphatic carbocycles. The lowest BCUT2D eigenvalue weighted by Crippen LogP contribution is -2.52. The largest absolute Gasteiger partial charge is 0.390 e. The molecule has 204 valence electrons. The van der Waals surface area contributed by atoms with E-state index in [4.69, 9.17) is 10.7 Å². The molecule has 0 saturated carbocycles. The summed E-state index contributed by atoms with van der Waals surface area (Å²) in [6.45, 7) is 8.25. The molecule has 8 nitrogen and oxygen atoms in total. The van der Waals surface area contributed by atoms with E-state index < -0.39 is 23.7 Å². The minimum Gasteiger partial charge on any atom is -0.390 e. The van der Waals surface area contributed by atoms with Gasteiger partial charge in [0.15, 0.2) is 5.96 Å². The number of aliphatic hydroxyl groups excluding tert-OH is 1. The van der Waals surface area contributed by atoms with Crippen LogP contribution in [-0.4, -0.2) is 52.7 Å². The maximum Gasteiger partial charge on any atom is 0.251 e. The van der Waals surface area contributed by atoms with Gasteiger partial charge in [-0.05, 0) is 53.3 Å². The van der Waals surface area contributed by atoms with Crippen LogP contribution in [0.25, 0.3) is 0 Å². The molecule has 2 aromatic rings. The number of nitrogens with zero attached hydrogens (tertiary/aromatic N) is 3. The molecule has 1 aliphatic heterocycles. The minimum atomic E-state index is -0.702. The van der Waals surface area contributed by atoms with E-state index in [1.54, 1.807) is 43.6 Å². The standard InChI is InChI=1S/C31H37N5O3/c1-5-31(6-2)19-26(38)36(30(32)35-31)28(20(3)11-10-16-33-4)22-13-9-14-23(17-22)29(39)34-27-24-15-8-7-12-21(24)18-25(27)37/h7-17,25,27-28,37H,3,5-6,18-19H2,1-2,4H3,(H2,32,35)(H,34,39)/b11-10-,33-16?/t25-,27-,28+/m1/s1. The van der Waals surface area contributed by atoms with Gasteiger partial charge in [-0.1, -0.05) is 62.9 Å². The molecular formula is C31H37N5O3. The molecule has 8 heteroatoms. The Bertz CT molecular complexity index is 1340. The van der Waals surface area contributed by atoms with Gasteiger partial charge >= 0.3 is 0 Å². The molecule has 39 heavy (non-hydrogen) atoms. The highest BCUT2D eigenvalue weighted by molar-refractivity contribution is 6.00. The normalized spacial score (nSPS) is 21.2. The van der Waals surface area contributed by atoms with Crippen molar-refractivity contribution < 1.29 is 14.7 Å². The molecule has 0 saturated heterocycles. The summed E-state index contributed by atoms with van der Waals surface area (Å²) >= 11 is 0.